The van der Waals surface area contributed by atoms with Crippen LogP contribution in [0.3, 0.4) is 0 Å². The fraction of sp³-hybridized carbons (Fsp3) is 0.625. The van der Waals surface area contributed by atoms with E-state index in [4.69, 9.17) is 0 Å². The van der Waals surface area contributed by atoms with E-state index in [1.54, 1.807) is 6.07 Å². The second kappa shape index (κ2) is 6.00. The van der Waals surface area contributed by atoms with Crippen LogP contribution in [0.25, 0.3) is 0 Å². The van der Waals surface area contributed by atoms with E-state index in [1.807, 2.05) is 0 Å². The second-order valence-corrected chi connectivity index (χ2v) is 6.98. The van der Waals surface area contributed by atoms with E-state index < -0.39 is 16.4 Å². The zero-order valence-corrected chi connectivity index (χ0v) is 12.9. The van der Waals surface area contributed by atoms with Crippen LogP contribution in [0, 0.1) is 27.3 Å². The van der Waals surface area contributed by atoms with E-state index in [1.165, 1.54) is 12.1 Å². The first-order valence-corrected chi connectivity index (χ1v) is 7.48. The van der Waals surface area contributed by atoms with Gasteiger partial charge in [-0.2, -0.15) is 4.39 Å². The van der Waals surface area contributed by atoms with E-state index >= 15 is 0 Å². The molecule has 0 unspecified atom stereocenters. The number of anilines is 1. The van der Waals surface area contributed by atoms with Crippen molar-refractivity contribution in [2.75, 3.05) is 5.32 Å². The van der Waals surface area contributed by atoms with Gasteiger partial charge in [-0.1, -0.05) is 20.8 Å². The van der Waals surface area contributed by atoms with Crippen molar-refractivity contribution < 1.29 is 9.31 Å². The lowest BCUT2D eigenvalue weighted by Gasteiger charge is -2.37. The summed E-state index contributed by atoms with van der Waals surface area (Å²) in [5, 5.41) is 13.9. The second-order valence-electron chi connectivity index (χ2n) is 6.98. The van der Waals surface area contributed by atoms with Gasteiger partial charge in [-0.15, -0.1) is 0 Å². The van der Waals surface area contributed by atoms with Crippen molar-refractivity contribution in [3.8, 4) is 0 Å². The van der Waals surface area contributed by atoms with Gasteiger partial charge in [-0.05, 0) is 43.1 Å². The predicted octanol–water partition coefficient (Wildman–Crippen LogP) is 4.75. The Kier molecular flexibility index (Phi) is 4.49. The standard InChI is InChI=1S/C16H23FN2O2/c1-16(2,3)11-4-6-12(7-5-11)18-13-8-9-15(19(20)21)14(17)10-13/h8-12,18H,4-7H2,1-3H3. The van der Waals surface area contributed by atoms with E-state index in [0.717, 1.165) is 31.6 Å². The zero-order chi connectivity index (χ0) is 15.6. The summed E-state index contributed by atoms with van der Waals surface area (Å²) >= 11 is 0. The minimum Gasteiger partial charge on any atom is -0.382 e. The number of benzene rings is 1. The molecule has 4 nitrogen and oxygen atoms in total. The first kappa shape index (κ1) is 15.7. The largest absolute Gasteiger partial charge is 0.382 e. The molecule has 1 aromatic carbocycles. The number of nitro benzene ring substituents is 1. The van der Waals surface area contributed by atoms with Crippen LogP contribution in [-0.4, -0.2) is 11.0 Å². The third-order valence-electron chi connectivity index (χ3n) is 4.47. The lowest BCUT2D eigenvalue weighted by molar-refractivity contribution is -0.387. The highest BCUT2D eigenvalue weighted by Crippen LogP contribution is 2.38. The number of hydrogen-bond donors (Lipinski definition) is 1. The van der Waals surface area contributed by atoms with E-state index in [0.29, 0.717) is 17.1 Å². The van der Waals surface area contributed by atoms with Crippen molar-refractivity contribution in [2.24, 2.45) is 11.3 Å². The Morgan fingerprint density at radius 3 is 2.33 bits per heavy atom. The molecule has 1 saturated carbocycles. The summed E-state index contributed by atoms with van der Waals surface area (Å²) < 4.78 is 13.6. The normalized spacial score (nSPS) is 22.9. The number of halogens is 1. The average Bonchev–Trinajstić information content (AvgIpc) is 2.38. The molecule has 2 rings (SSSR count). The average molecular weight is 294 g/mol. The molecule has 1 aliphatic rings. The molecular formula is C16H23FN2O2. The monoisotopic (exact) mass is 294 g/mol. The van der Waals surface area contributed by atoms with Gasteiger partial charge < -0.3 is 5.32 Å². The molecule has 0 saturated heterocycles. The summed E-state index contributed by atoms with van der Waals surface area (Å²) in [5.74, 6) is -0.0578. The maximum Gasteiger partial charge on any atom is 0.304 e. The van der Waals surface area contributed by atoms with Gasteiger partial charge in [0.2, 0.25) is 5.82 Å². The number of hydrogen-bond acceptors (Lipinski definition) is 3. The van der Waals surface area contributed by atoms with E-state index in [9.17, 15) is 14.5 Å². The van der Waals surface area contributed by atoms with Crippen molar-refractivity contribution in [3.05, 3.63) is 34.1 Å². The molecule has 1 fully saturated rings. The van der Waals surface area contributed by atoms with Crippen LogP contribution < -0.4 is 5.32 Å². The third-order valence-corrected chi connectivity index (χ3v) is 4.47. The van der Waals surface area contributed by atoms with Crippen molar-refractivity contribution in [2.45, 2.75) is 52.5 Å². The van der Waals surface area contributed by atoms with Crippen LogP contribution in [0.2, 0.25) is 0 Å². The van der Waals surface area contributed by atoms with Gasteiger partial charge in [0.05, 0.1) is 4.92 Å². The van der Waals surface area contributed by atoms with Gasteiger partial charge in [0.25, 0.3) is 0 Å². The molecule has 116 valence electrons. The SMILES string of the molecule is CC(C)(C)C1CCC(Nc2ccc([N+](=O)[O-])c(F)c2)CC1. The van der Waals surface area contributed by atoms with Crippen LogP contribution in [0.5, 0.6) is 0 Å². The van der Waals surface area contributed by atoms with Crippen molar-refractivity contribution in [1.29, 1.82) is 0 Å². The number of nitrogens with zero attached hydrogens (tertiary/aromatic N) is 1. The van der Waals surface area contributed by atoms with Crippen LogP contribution in [0.1, 0.15) is 46.5 Å². The molecule has 0 heterocycles. The van der Waals surface area contributed by atoms with Crippen molar-refractivity contribution >= 4 is 11.4 Å². The lowest BCUT2D eigenvalue weighted by atomic mass is 9.71. The van der Waals surface area contributed by atoms with Gasteiger partial charge in [-0.25, -0.2) is 0 Å². The minimum atomic E-state index is -0.784. The number of rotatable bonds is 3. The summed E-state index contributed by atoms with van der Waals surface area (Å²) in [5.41, 5.74) is 0.485. The van der Waals surface area contributed by atoms with Gasteiger partial charge in [-0.3, -0.25) is 10.1 Å². The quantitative estimate of drug-likeness (QED) is 0.646. The molecule has 0 atom stereocenters. The molecule has 0 bridgehead atoms. The van der Waals surface area contributed by atoms with Gasteiger partial charge >= 0.3 is 5.69 Å². The maximum absolute atomic E-state index is 13.6. The molecule has 0 aliphatic heterocycles. The molecule has 5 heteroatoms. The summed E-state index contributed by atoms with van der Waals surface area (Å²) in [7, 11) is 0. The van der Waals surface area contributed by atoms with Gasteiger partial charge in [0.15, 0.2) is 0 Å². The van der Waals surface area contributed by atoms with E-state index in [2.05, 4.69) is 26.1 Å². The van der Waals surface area contributed by atoms with Crippen LogP contribution in [0.15, 0.2) is 18.2 Å². The Morgan fingerprint density at radius 1 is 1.24 bits per heavy atom. The molecule has 21 heavy (non-hydrogen) atoms. The lowest BCUT2D eigenvalue weighted by Crippen LogP contribution is -2.31. The van der Waals surface area contributed by atoms with Gasteiger partial charge in [0.1, 0.15) is 0 Å². The highest BCUT2D eigenvalue weighted by atomic mass is 19.1. The fourth-order valence-electron chi connectivity index (χ4n) is 3.08. The predicted molar refractivity (Wildman–Crippen MR) is 81.9 cm³/mol. The van der Waals surface area contributed by atoms with E-state index in [-0.39, 0.29) is 0 Å². The van der Waals surface area contributed by atoms with Crippen LogP contribution in [-0.2, 0) is 0 Å². The molecule has 1 aliphatic carbocycles. The topological polar surface area (TPSA) is 55.2 Å². The molecule has 0 aromatic heterocycles. The molecule has 0 amide bonds. The van der Waals surface area contributed by atoms with Crippen LogP contribution >= 0.6 is 0 Å². The fourth-order valence-corrected chi connectivity index (χ4v) is 3.08. The van der Waals surface area contributed by atoms with Gasteiger partial charge in [0, 0.05) is 23.9 Å². The maximum atomic E-state index is 13.6. The summed E-state index contributed by atoms with van der Waals surface area (Å²) in [4.78, 5) is 9.90. The molecule has 0 radical (unpaired) electrons. The minimum absolute atomic E-state index is 0.324. The Morgan fingerprint density at radius 2 is 1.86 bits per heavy atom. The Labute approximate surface area is 124 Å². The Balaban J connectivity index is 1.95. The molecule has 0 spiro atoms. The third kappa shape index (κ3) is 3.93. The van der Waals surface area contributed by atoms with Crippen molar-refractivity contribution in [1.82, 2.24) is 0 Å². The zero-order valence-electron chi connectivity index (χ0n) is 12.9. The smallest absolute Gasteiger partial charge is 0.304 e. The Hall–Kier alpha value is -1.65. The van der Waals surface area contributed by atoms with Crippen LogP contribution in [0.4, 0.5) is 15.8 Å². The number of nitrogens with one attached hydrogen (secondary N) is 1. The summed E-state index contributed by atoms with van der Waals surface area (Å²) in [6.07, 6.45) is 4.44. The highest BCUT2D eigenvalue weighted by Gasteiger charge is 2.29. The summed E-state index contributed by atoms with van der Waals surface area (Å²) in [6.45, 7) is 6.82. The summed E-state index contributed by atoms with van der Waals surface area (Å²) in [6, 6.07) is 4.34. The first-order chi connectivity index (χ1) is 9.77. The highest BCUT2D eigenvalue weighted by molar-refractivity contribution is 5.50. The number of nitro groups is 1. The first-order valence-electron chi connectivity index (χ1n) is 7.48. The molecule has 1 aromatic rings. The van der Waals surface area contributed by atoms with Crippen molar-refractivity contribution in [3.63, 3.8) is 0 Å². The molecular weight excluding hydrogens is 271 g/mol. The molecule has 1 N–H and O–H groups in total. The Bertz CT molecular complexity index is 517.